The number of nitrogens with zero attached hydrogens (tertiary/aromatic N) is 3. The monoisotopic (exact) mass is 194 g/mol. The predicted octanol–water partition coefficient (Wildman–Crippen LogP) is -0.853. The Labute approximate surface area is 65.6 Å². The molecule has 0 atom stereocenters. The molecule has 0 unspecified atom stereocenters. The number of hydrogen-bond acceptors (Lipinski definition) is 3. The van der Waals surface area contributed by atoms with Crippen LogP contribution in [0.2, 0.25) is 0 Å². The molecule has 0 fully saturated rings. The molecule has 48 valence electrons. The van der Waals surface area contributed by atoms with Gasteiger partial charge in [-0.2, -0.15) is 0 Å². The Balaban J connectivity index is 2.95. The SMILES string of the molecule is [As]c1ncnc2[nH]ncc12. The van der Waals surface area contributed by atoms with Crippen LogP contribution in [-0.4, -0.2) is 37.0 Å². The topological polar surface area (TPSA) is 54.5 Å². The van der Waals surface area contributed by atoms with Crippen molar-refractivity contribution < 1.29 is 0 Å². The van der Waals surface area contributed by atoms with E-state index in [9.17, 15) is 0 Å². The number of fused-ring (bicyclic) bond motifs is 1. The number of hydrogen-bond donors (Lipinski definition) is 1. The summed E-state index contributed by atoms with van der Waals surface area (Å²) < 4.78 is 0.895. The fraction of sp³-hybridized carbons (Fsp3) is 0. The number of nitrogens with one attached hydrogen (secondary N) is 1. The summed E-state index contributed by atoms with van der Waals surface area (Å²) in [4.78, 5) is 7.94. The molecule has 1 N–H and O–H groups in total. The number of rotatable bonds is 0. The van der Waals surface area contributed by atoms with Gasteiger partial charge in [-0.1, -0.05) is 0 Å². The van der Waals surface area contributed by atoms with Crippen molar-refractivity contribution >= 4 is 32.4 Å². The van der Waals surface area contributed by atoms with Crippen LogP contribution in [0.15, 0.2) is 12.5 Å². The summed E-state index contributed by atoms with van der Waals surface area (Å²) in [6.45, 7) is 0. The molecule has 2 aromatic heterocycles. The van der Waals surface area contributed by atoms with Crippen molar-refractivity contribution in [3.63, 3.8) is 0 Å². The van der Waals surface area contributed by atoms with Gasteiger partial charge in [0.05, 0.1) is 0 Å². The fourth-order valence-corrected chi connectivity index (χ4v) is 1.20. The standard InChI is InChI=1S/C5H3AsN4/c6-4-3-1-9-10-5(3)8-2-7-4/h1-2H,(H,7,8,9,10). The predicted molar refractivity (Wildman–Crippen MR) is 37.1 cm³/mol. The Kier molecular flexibility index (Phi) is 1.21. The maximum atomic E-state index is 3.98. The molecule has 2 aromatic rings. The first-order chi connectivity index (χ1) is 4.88. The Morgan fingerprint density at radius 1 is 1.40 bits per heavy atom. The molecule has 0 aromatic carbocycles. The molecule has 0 amide bonds. The maximum absolute atomic E-state index is 3.98. The van der Waals surface area contributed by atoms with Gasteiger partial charge < -0.3 is 0 Å². The van der Waals surface area contributed by atoms with Crippen LogP contribution >= 0.6 is 0 Å². The van der Waals surface area contributed by atoms with Crippen LogP contribution in [0.1, 0.15) is 0 Å². The third-order valence-corrected chi connectivity index (χ3v) is 1.97. The van der Waals surface area contributed by atoms with E-state index in [2.05, 4.69) is 37.0 Å². The van der Waals surface area contributed by atoms with Gasteiger partial charge in [-0.05, 0) is 0 Å². The third-order valence-electron chi connectivity index (χ3n) is 1.23. The second kappa shape index (κ2) is 2.06. The molecule has 0 saturated heterocycles. The van der Waals surface area contributed by atoms with Gasteiger partial charge >= 0.3 is 65.1 Å². The Bertz CT molecular complexity index is 355. The van der Waals surface area contributed by atoms with E-state index in [-0.39, 0.29) is 0 Å². The summed E-state index contributed by atoms with van der Waals surface area (Å²) in [6, 6.07) is 0. The second-order valence-electron chi connectivity index (χ2n) is 1.83. The zero-order chi connectivity index (χ0) is 6.97. The van der Waals surface area contributed by atoms with Gasteiger partial charge in [0.1, 0.15) is 0 Å². The molecule has 0 aliphatic heterocycles. The first-order valence-electron chi connectivity index (χ1n) is 2.71. The Morgan fingerprint density at radius 2 is 2.30 bits per heavy atom. The minimum atomic E-state index is 0.783. The van der Waals surface area contributed by atoms with E-state index in [0.29, 0.717) is 0 Å². The zero-order valence-electron chi connectivity index (χ0n) is 4.94. The molecule has 2 heterocycles. The molecule has 2 rings (SSSR count). The molecule has 5 heteroatoms. The first-order valence-corrected chi connectivity index (χ1v) is 3.65. The van der Waals surface area contributed by atoms with E-state index in [1.807, 2.05) is 0 Å². The molecule has 2 radical (unpaired) electrons. The van der Waals surface area contributed by atoms with Gasteiger partial charge in [-0.3, -0.25) is 0 Å². The van der Waals surface area contributed by atoms with Gasteiger partial charge in [0.25, 0.3) is 0 Å². The molecule has 0 bridgehead atoms. The van der Waals surface area contributed by atoms with Gasteiger partial charge in [-0.15, -0.1) is 0 Å². The van der Waals surface area contributed by atoms with E-state index >= 15 is 0 Å². The molecule has 4 nitrogen and oxygen atoms in total. The number of aromatic amines is 1. The number of aromatic nitrogens is 4. The van der Waals surface area contributed by atoms with E-state index in [1.54, 1.807) is 6.20 Å². The normalized spacial score (nSPS) is 10.5. The summed E-state index contributed by atoms with van der Waals surface area (Å²) in [5.74, 6) is 0. The van der Waals surface area contributed by atoms with Crippen molar-refractivity contribution in [2.45, 2.75) is 0 Å². The van der Waals surface area contributed by atoms with E-state index < -0.39 is 0 Å². The molecule has 10 heavy (non-hydrogen) atoms. The van der Waals surface area contributed by atoms with Gasteiger partial charge in [0.2, 0.25) is 0 Å². The summed E-state index contributed by atoms with van der Waals surface area (Å²) in [7, 11) is 0. The molecular weight excluding hydrogens is 191 g/mol. The molecular formula is C5H3AsN4. The van der Waals surface area contributed by atoms with Crippen LogP contribution in [0.5, 0.6) is 0 Å². The Hall–Kier alpha value is -0.892. The van der Waals surface area contributed by atoms with Crippen molar-refractivity contribution in [1.82, 2.24) is 20.2 Å². The van der Waals surface area contributed by atoms with Gasteiger partial charge in [0, 0.05) is 0 Å². The summed E-state index contributed by atoms with van der Waals surface area (Å²) in [6.07, 6.45) is 3.22. The summed E-state index contributed by atoms with van der Waals surface area (Å²) >= 11 is 2.38. The average molecular weight is 194 g/mol. The van der Waals surface area contributed by atoms with Crippen molar-refractivity contribution in [3.05, 3.63) is 12.5 Å². The second-order valence-corrected chi connectivity index (χ2v) is 2.72. The molecule has 0 aliphatic carbocycles. The van der Waals surface area contributed by atoms with Crippen LogP contribution in [-0.2, 0) is 0 Å². The number of H-pyrrole nitrogens is 1. The first kappa shape index (κ1) is 5.86. The quantitative estimate of drug-likeness (QED) is 0.555. The summed E-state index contributed by atoms with van der Waals surface area (Å²) in [5.41, 5.74) is 0.783. The van der Waals surface area contributed by atoms with Crippen molar-refractivity contribution in [3.8, 4) is 0 Å². The van der Waals surface area contributed by atoms with Crippen molar-refractivity contribution in [2.24, 2.45) is 0 Å². The molecule has 0 aliphatic rings. The van der Waals surface area contributed by atoms with Crippen molar-refractivity contribution in [1.29, 1.82) is 0 Å². The third kappa shape index (κ3) is 0.726. The van der Waals surface area contributed by atoms with Crippen LogP contribution in [0.4, 0.5) is 0 Å². The molecule has 0 spiro atoms. The fourth-order valence-electron chi connectivity index (χ4n) is 0.752. The summed E-state index contributed by atoms with van der Waals surface area (Å²) in [5, 5.41) is 7.53. The molecule has 0 saturated carbocycles. The van der Waals surface area contributed by atoms with E-state index in [4.69, 9.17) is 0 Å². The van der Waals surface area contributed by atoms with E-state index in [0.717, 1.165) is 15.5 Å². The van der Waals surface area contributed by atoms with Crippen molar-refractivity contribution in [2.75, 3.05) is 0 Å². The van der Waals surface area contributed by atoms with Gasteiger partial charge in [0.15, 0.2) is 0 Å². The van der Waals surface area contributed by atoms with Crippen LogP contribution in [0.3, 0.4) is 0 Å². The average Bonchev–Trinajstić information content (AvgIpc) is 2.36. The van der Waals surface area contributed by atoms with E-state index in [1.165, 1.54) is 6.33 Å². The zero-order valence-corrected chi connectivity index (χ0v) is 6.82. The Morgan fingerprint density at radius 3 is 3.10 bits per heavy atom. The minimum absolute atomic E-state index is 0.783. The van der Waals surface area contributed by atoms with Crippen LogP contribution in [0, 0.1) is 0 Å². The van der Waals surface area contributed by atoms with Gasteiger partial charge in [-0.25, -0.2) is 0 Å². The van der Waals surface area contributed by atoms with Crippen LogP contribution < -0.4 is 4.48 Å². The van der Waals surface area contributed by atoms with Crippen LogP contribution in [0.25, 0.3) is 11.0 Å².